The molecule has 0 saturated carbocycles. The van der Waals surface area contributed by atoms with Crippen LogP contribution in [-0.4, -0.2) is 13.1 Å². The molecule has 0 radical (unpaired) electrons. The Morgan fingerprint density at radius 1 is 0.423 bits per heavy atom. The summed E-state index contributed by atoms with van der Waals surface area (Å²) in [4.78, 5) is 0. The van der Waals surface area contributed by atoms with Crippen LogP contribution in [0.4, 0.5) is 11.4 Å². The maximum atomic E-state index is 9.95. The molecule has 0 aromatic heterocycles. The third-order valence-electron chi connectivity index (χ3n) is 9.91. The summed E-state index contributed by atoms with van der Waals surface area (Å²) in [5, 5.41) is 27.0. The van der Waals surface area contributed by atoms with Crippen molar-refractivity contribution in [3.8, 4) is 12.1 Å². The molecule has 3 rings (SSSR count). The van der Waals surface area contributed by atoms with Crippen molar-refractivity contribution in [1.29, 1.82) is 10.5 Å². The largest absolute Gasteiger partial charge is 0.385 e. The van der Waals surface area contributed by atoms with Crippen molar-refractivity contribution in [3.05, 3.63) is 95.1 Å². The van der Waals surface area contributed by atoms with E-state index in [0.29, 0.717) is 11.1 Å². The molecule has 4 heteroatoms. The van der Waals surface area contributed by atoms with Crippen LogP contribution in [0.5, 0.6) is 0 Å². The van der Waals surface area contributed by atoms with Crippen LogP contribution in [0.2, 0.25) is 0 Å². The van der Waals surface area contributed by atoms with Crippen LogP contribution in [-0.2, 0) is 0 Å². The summed E-state index contributed by atoms with van der Waals surface area (Å²) in [6, 6.07) is 29.0. The Morgan fingerprint density at radius 3 is 1.00 bits per heavy atom. The molecular weight excluding hydrogens is 633 g/mol. The maximum Gasteiger partial charge on any atom is 0.0998 e. The minimum Gasteiger partial charge on any atom is -0.385 e. The average molecular weight is 699 g/mol. The third-order valence-corrected chi connectivity index (χ3v) is 9.91. The molecule has 0 aliphatic rings. The topological polar surface area (TPSA) is 71.6 Å². The summed E-state index contributed by atoms with van der Waals surface area (Å²) in [6.45, 7) is 6.52. The fourth-order valence-corrected chi connectivity index (χ4v) is 6.61. The van der Waals surface area contributed by atoms with Gasteiger partial charge in [0.05, 0.1) is 23.3 Å². The molecule has 0 fully saturated rings. The smallest absolute Gasteiger partial charge is 0.0998 e. The first-order valence-electron chi connectivity index (χ1n) is 20.7. The molecule has 0 bridgehead atoms. The average Bonchev–Trinajstić information content (AvgIpc) is 3.18. The van der Waals surface area contributed by atoms with Crippen LogP contribution in [0.3, 0.4) is 0 Å². The number of anilines is 2. The van der Waals surface area contributed by atoms with Gasteiger partial charge in [-0.3, -0.25) is 0 Å². The molecule has 3 aromatic rings. The molecule has 52 heavy (non-hydrogen) atoms. The molecule has 0 heterocycles. The molecule has 0 atom stereocenters. The highest BCUT2D eigenvalue weighted by Crippen LogP contribution is 2.24. The first-order chi connectivity index (χ1) is 25.7. The van der Waals surface area contributed by atoms with Crippen molar-refractivity contribution < 1.29 is 0 Å². The minimum atomic E-state index is 0.598. The molecular formula is C48H66N4. The van der Waals surface area contributed by atoms with Crippen LogP contribution in [0, 0.1) is 22.7 Å². The van der Waals surface area contributed by atoms with Gasteiger partial charge < -0.3 is 10.6 Å². The van der Waals surface area contributed by atoms with E-state index in [0.717, 1.165) is 46.7 Å². The number of nitrogens with zero attached hydrogens (tertiary/aromatic N) is 2. The first kappa shape index (κ1) is 42.1. The number of hydrogen-bond acceptors (Lipinski definition) is 4. The zero-order valence-corrected chi connectivity index (χ0v) is 32.5. The first-order valence-corrected chi connectivity index (χ1v) is 20.7. The van der Waals surface area contributed by atoms with E-state index in [-0.39, 0.29) is 0 Å². The second-order valence-corrected chi connectivity index (χ2v) is 14.4. The van der Waals surface area contributed by atoms with Crippen molar-refractivity contribution in [1.82, 2.24) is 0 Å². The van der Waals surface area contributed by atoms with Crippen molar-refractivity contribution in [2.75, 3.05) is 23.7 Å². The lowest BCUT2D eigenvalue weighted by molar-refractivity contribution is 0.560. The molecule has 2 N–H and O–H groups in total. The Labute approximate surface area is 317 Å². The molecule has 0 unspecified atom stereocenters. The number of benzene rings is 3. The summed E-state index contributed by atoms with van der Waals surface area (Å²) >= 11 is 0. The van der Waals surface area contributed by atoms with Gasteiger partial charge in [0.1, 0.15) is 0 Å². The van der Waals surface area contributed by atoms with Gasteiger partial charge in [0.2, 0.25) is 0 Å². The Morgan fingerprint density at radius 2 is 0.712 bits per heavy atom. The van der Waals surface area contributed by atoms with Gasteiger partial charge in [0.15, 0.2) is 0 Å². The summed E-state index contributed by atoms with van der Waals surface area (Å²) < 4.78 is 0. The monoisotopic (exact) mass is 699 g/mol. The summed E-state index contributed by atoms with van der Waals surface area (Å²) in [5.41, 5.74) is 7.08. The van der Waals surface area contributed by atoms with Crippen molar-refractivity contribution in [2.24, 2.45) is 0 Å². The SMILES string of the molecule is CCCCCCCCCCCCNc1ccc(C=C(C#N)c2ccc(C(C#N)=Cc3ccc(NCCCCCCCCCCCC)cc3)cc2)cc1. The highest BCUT2D eigenvalue weighted by molar-refractivity contribution is 5.92. The second kappa shape index (κ2) is 27.4. The normalized spacial score (nSPS) is 11.6. The number of nitriles is 2. The number of allylic oxidation sites excluding steroid dienone is 2. The van der Waals surface area contributed by atoms with E-state index >= 15 is 0 Å². The van der Waals surface area contributed by atoms with Gasteiger partial charge in [-0.25, -0.2) is 0 Å². The van der Waals surface area contributed by atoms with Crippen LogP contribution < -0.4 is 10.6 Å². The molecule has 0 aliphatic carbocycles. The maximum absolute atomic E-state index is 9.95. The highest BCUT2D eigenvalue weighted by Gasteiger charge is 2.06. The zero-order valence-electron chi connectivity index (χ0n) is 32.5. The van der Waals surface area contributed by atoms with Gasteiger partial charge in [-0.05, 0) is 71.5 Å². The Bertz CT molecular complexity index is 1380. The van der Waals surface area contributed by atoms with Gasteiger partial charge in [-0.2, -0.15) is 10.5 Å². The molecule has 3 aromatic carbocycles. The van der Waals surface area contributed by atoms with E-state index in [1.807, 2.05) is 36.4 Å². The molecule has 0 aliphatic heterocycles. The van der Waals surface area contributed by atoms with E-state index in [1.54, 1.807) is 0 Å². The van der Waals surface area contributed by atoms with Crippen LogP contribution >= 0.6 is 0 Å². The molecule has 0 saturated heterocycles. The van der Waals surface area contributed by atoms with Gasteiger partial charge in [-0.1, -0.05) is 178 Å². The van der Waals surface area contributed by atoms with E-state index in [4.69, 9.17) is 0 Å². The third kappa shape index (κ3) is 17.8. The Kier molecular flexibility index (Phi) is 22.2. The lowest BCUT2D eigenvalue weighted by atomic mass is 9.98. The van der Waals surface area contributed by atoms with Crippen molar-refractivity contribution in [3.63, 3.8) is 0 Å². The number of unbranched alkanes of at least 4 members (excludes halogenated alkanes) is 18. The summed E-state index contributed by atoms with van der Waals surface area (Å²) in [5.74, 6) is 0. The van der Waals surface area contributed by atoms with Crippen LogP contribution in [0.15, 0.2) is 72.8 Å². The molecule has 0 amide bonds. The van der Waals surface area contributed by atoms with E-state index in [2.05, 4.69) is 85.2 Å². The Hall–Kier alpha value is -4.28. The molecule has 278 valence electrons. The fraction of sp³-hybridized carbons (Fsp3) is 0.500. The highest BCUT2D eigenvalue weighted by atomic mass is 14.9. The number of rotatable bonds is 28. The minimum absolute atomic E-state index is 0.598. The van der Waals surface area contributed by atoms with Gasteiger partial charge in [-0.15, -0.1) is 0 Å². The Balaban J connectivity index is 1.40. The second-order valence-electron chi connectivity index (χ2n) is 14.4. The number of hydrogen-bond donors (Lipinski definition) is 2. The van der Waals surface area contributed by atoms with Crippen LogP contribution in [0.1, 0.15) is 165 Å². The van der Waals surface area contributed by atoms with Crippen molar-refractivity contribution >= 4 is 34.7 Å². The lowest BCUT2D eigenvalue weighted by Crippen LogP contribution is -2.01. The lowest BCUT2D eigenvalue weighted by Gasteiger charge is -2.08. The molecule has 0 spiro atoms. The van der Waals surface area contributed by atoms with E-state index in [9.17, 15) is 10.5 Å². The van der Waals surface area contributed by atoms with Gasteiger partial charge in [0.25, 0.3) is 0 Å². The van der Waals surface area contributed by atoms with Crippen molar-refractivity contribution in [2.45, 2.75) is 142 Å². The van der Waals surface area contributed by atoms with Crippen LogP contribution in [0.25, 0.3) is 23.3 Å². The van der Waals surface area contributed by atoms with Gasteiger partial charge in [0, 0.05) is 24.5 Å². The predicted octanol–water partition coefficient (Wildman–Crippen LogP) is 14.5. The number of nitrogens with one attached hydrogen (secondary N) is 2. The predicted molar refractivity (Wildman–Crippen MR) is 227 cm³/mol. The van der Waals surface area contributed by atoms with E-state index in [1.165, 1.54) is 128 Å². The quantitative estimate of drug-likeness (QED) is 0.0450. The zero-order chi connectivity index (χ0) is 36.9. The molecule has 4 nitrogen and oxygen atoms in total. The van der Waals surface area contributed by atoms with E-state index < -0.39 is 0 Å². The summed E-state index contributed by atoms with van der Waals surface area (Å²) in [7, 11) is 0. The summed E-state index contributed by atoms with van der Waals surface area (Å²) in [6.07, 6.45) is 30.7. The standard InChI is InChI=1S/C48H66N4/c1-3-5-7-9-11-13-15-17-19-21-35-51-47-31-23-41(24-32-47)37-45(39-49)43-27-29-44(30-28-43)46(40-50)38-42-25-33-48(34-26-42)52-36-22-20-18-16-14-12-10-8-6-4-2/h23-34,37-38,51-52H,3-22,35-36H2,1-2H3. The fourth-order valence-electron chi connectivity index (χ4n) is 6.61. The van der Waals surface area contributed by atoms with Gasteiger partial charge >= 0.3 is 0 Å².